The lowest BCUT2D eigenvalue weighted by atomic mass is 10.2. The summed E-state index contributed by atoms with van der Waals surface area (Å²) >= 11 is 3.03. The van der Waals surface area contributed by atoms with E-state index in [9.17, 15) is 13.2 Å². The molecule has 2 heterocycles. The molecule has 0 aromatic carbocycles. The van der Waals surface area contributed by atoms with Crippen LogP contribution < -0.4 is 0 Å². The fourth-order valence-corrected chi connectivity index (χ4v) is 2.87. The predicted molar refractivity (Wildman–Crippen MR) is 83.9 cm³/mol. The molecule has 0 N–H and O–H groups in total. The fourth-order valence-electron chi connectivity index (χ4n) is 2.18. The van der Waals surface area contributed by atoms with Crippen LogP contribution in [0.5, 0.6) is 0 Å². The molecule has 2 rings (SSSR count). The van der Waals surface area contributed by atoms with Crippen molar-refractivity contribution in [1.82, 2.24) is 14.8 Å². The number of aromatic nitrogens is 3. The van der Waals surface area contributed by atoms with Crippen LogP contribution in [0.4, 0.5) is 13.2 Å². The van der Waals surface area contributed by atoms with E-state index < -0.39 is 18.1 Å². The third-order valence-electron chi connectivity index (χ3n) is 3.35. The summed E-state index contributed by atoms with van der Waals surface area (Å²) in [5.41, 5.74) is 0.645. The van der Waals surface area contributed by atoms with Crippen molar-refractivity contribution in [3.05, 3.63) is 34.1 Å². The van der Waals surface area contributed by atoms with E-state index in [1.54, 1.807) is 19.2 Å². The molecular formula is C15H17BrF3N3O. The van der Waals surface area contributed by atoms with Crippen LogP contribution in [-0.2, 0) is 17.3 Å². The van der Waals surface area contributed by atoms with Gasteiger partial charge in [-0.25, -0.2) is 4.68 Å². The van der Waals surface area contributed by atoms with Crippen molar-refractivity contribution in [2.75, 3.05) is 6.61 Å². The van der Waals surface area contributed by atoms with Gasteiger partial charge in [0.25, 0.3) is 0 Å². The van der Waals surface area contributed by atoms with E-state index in [4.69, 9.17) is 4.74 Å². The SMILES string of the molecule is CCOC(C)n1nc(-c2ccc(CC)cn2)c(Br)c1C(F)(F)F. The van der Waals surface area contributed by atoms with Crippen molar-refractivity contribution in [3.8, 4) is 11.4 Å². The van der Waals surface area contributed by atoms with Crippen molar-refractivity contribution in [2.45, 2.75) is 39.6 Å². The summed E-state index contributed by atoms with van der Waals surface area (Å²) in [4.78, 5) is 4.21. The minimum Gasteiger partial charge on any atom is -0.357 e. The van der Waals surface area contributed by atoms with E-state index in [0.717, 1.165) is 16.7 Å². The molecule has 23 heavy (non-hydrogen) atoms. The van der Waals surface area contributed by atoms with Gasteiger partial charge in [0.15, 0.2) is 5.69 Å². The molecule has 4 nitrogen and oxygen atoms in total. The Labute approximate surface area is 140 Å². The van der Waals surface area contributed by atoms with E-state index in [0.29, 0.717) is 5.69 Å². The molecule has 0 amide bonds. The zero-order chi connectivity index (χ0) is 17.2. The van der Waals surface area contributed by atoms with Gasteiger partial charge in [-0.15, -0.1) is 0 Å². The molecule has 1 unspecified atom stereocenters. The summed E-state index contributed by atoms with van der Waals surface area (Å²) in [5.74, 6) is 0. The topological polar surface area (TPSA) is 39.9 Å². The second-order valence-electron chi connectivity index (χ2n) is 4.91. The Balaban J connectivity index is 2.56. The zero-order valence-electron chi connectivity index (χ0n) is 13.0. The Morgan fingerprint density at radius 3 is 2.48 bits per heavy atom. The normalized spacial score (nSPS) is 13.3. The van der Waals surface area contributed by atoms with Gasteiger partial charge in [0.05, 0.1) is 10.2 Å². The molecular weight excluding hydrogens is 375 g/mol. The summed E-state index contributed by atoms with van der Waals surface area (Å²) in [6.45, 7) is 5.51. The van der Waals surface area contributed by atoms with E-state index >= 15 is 0 Å². The molecule has 0 radical (unpaired) electrons. The standard InChI is InChI=1S/C15H17BrF3N3O/c1-4-10-6-7-11(20-8-10)13-12(16)14(15(17,18)19)22(21-13)9(3)23-5-2/h6-9H,4-5H2,1-3H3. The van der Waals surface area contributed by atoms with Crippen molar-refractivity contribution in [3.63, 3.8) is 0 Å². The Bertz CT molecular complexity index is 668. The van der Waals surface area contributed by atoms with Crippen LogP contribution in [0.25, 0.3) is 11.4 Å². The third kappa shape index (κ3) is 3.74. The third-order valence-corrected chi connectivity index (χ3v) is 4.10. The van der Waals surface area contributed by atoms with Crippen LogP contribution in [0.1, 0.15) is 38.3 Å². The van der Waals surface area contributed by atoms with Gasteiger partial charge in [-0.1, -0.05) is 13.0 Å². The van der Waals surface area contributed by atoms with Crippen molar-refractivity contribution in [2.24, 2.45) is 0 Å². The minimum atomic E-state index is -4.56. The molecule has 0 bridgehead atoms. The van der Waals surface area contributed by atoms with Gasteiger partial charge < -0.3 is 4.74 Å². The van der Waals surface area contributed by atoms with Gasteiger partial charge in [-0.3, -0.25) is 4.98 Å². The number of hydrogen-bond acceptors (Lipinski definition) is 3. The molecule has 0 saturated carbocycles. The molecule has 8 heteroatoms. The highest BCUT2D eigenvalue weighted by Crippen LogP contribution is 2.41. The highest BCUT2D eigenvalue weighted by Gasteiger charge is 2.41. The highest BCUT2D eigenvalue weighted by molar-refractivity contribution is 9.10. The van der Waals surface area contributed by atoms with Crippen LogP contribution in [0.15, 0.2) is 22.8 Å². The molecule has 0 saturated heterocycles. The Hall–Kier alpha value is -1.41. The van der Waals surface area contributed by atoms with Gasteiger partial charge in [-0.05, 0) is 47.8 Å². The molecule has 1 atom stereocenters. The molecule has 0 spiro atoms. The van der Waals surface area contributed by atoms with Gasteiger partial charge in [-0.2, -0.15) is 18.3 Å². The first-order chi connectivity index (χ1) is 10.8. The van der Waals surface area contributed by atoms with E-state index in [2.05, 4.69) is 26.0 Å². The molecule has 0 aliphatic heterocycles. The maximum atomic E-state index is 13.4. The van der Waals surface area contributed by atoms with Crippen LogP contribution in [-0.4, -0.2) is 21.4 Å². The number of rotatable bonds is 5. The van der Waals surface area contributed by atoms with Gasteiger partial charge in [0.1, 0.15) is 11.9 Å². The Kier molecular flexibility index (Phi) is 5.46. The largest absolute Gasteiger partial charge is 0.434 e. The zero-order valence-corrected chi connectivity index (χ0v) is 14.6. The average molecular weight is 392 g/mol. The number of ether oxygens (including phenoxy) is 1. The van der Waals surface area contributed by atoms with Crippen molar-refractivity contribution >= 4 is 15.9 Å². The first kappa shape index (κ1) is 17.9. The summed E-state index contributed by atoms with van der Waals surface area (Å²) in [7, 11) is 0. The molecule has 0 aliphatic rings. The Morgan fingerprint density at radius 2 is 2.00 bits per heavy atom. The molecule has 0 aliphatic carbocycles. The summed E-state index contributed by atoms with van der Waals surface area (Å²) in [6, 6.07) is 3.49. The molecule has 2 aromatic heterocycles. The quantitative estimate of drug-likeness (QED) is 0.731. The van der Waals surface area contributed by atoms with Gasteiger partial charge in [0, 0.05) is 12.8 Å². The lowest BCUT2D eigenvalue weighted by molar-refractivity contribution is -0.150. The van der Waals surface area contributed by atoms with Crippen molar-refractivity contribution < 1.29 is 17.9 Å². The number of nitrogens with zero attached hydrogens (tertiary/aromatic N) is 3. The van der Waals surface area contributed by atoms with Crippen LogP contribution in [0, 0.1) is 0 Å². The number of hydrogen-bond donors (Lipinski definition) is 0. The van der Waals surface area contributed by atoms with Crippen molar-refractivity contribution in [1.29, 1.82) is 0 Å². The van der Waals surface area contributed by atoms with Crippen LogP contribution >= 0.6 is 15.9 Å². The summed E-state index contributed by atoms with van der Waals surface area (Å²) < 4.78 is 46.2. The summed E-state index contributed by atoms with van der Waals surface area (Å²) in [6.07, 6.45) is -2.95. The molecule has 0 fully saturated rings. The number of pyridine rings is 1. The minimum absolute atomic E-state index is 0.131. The first-order valence-electron chi connectivity index (χ1n) is 7.21. The monoisotopic (exact) mass is 391 g/mol. The second-order valence-corrected chi connectivity index (χ2v) is 5.71. The molecule has 126 valence electrons. The second kappa shape index (κ2) is 7.00. The lowest BCUT2D eigenvalue weighted by Crippen LogP contribution is -2.20. The lowest BCUT2D eigenvalue weighted by Gasteiger charge is -2.17. The first-order valence-corrected chi connectivity index (χ1v) is 8.00. The number of halogens is 4. The summed E-state index contributed by atoms with van der Waals surface area (Å²) in [5, 5.41) is 4.08. The van der Waals surface area contributed by atoms with Gasteiger partial charge >= 0.3 is 6.18 Å². The van der Waals surface area contributed by atoms with E-state index in [1.807, 2.05) is 13.0 Å². The number of alkyl halides is 3. The van der Waals surface area contributed by atoms with E-state index in [1.165, 1.54) is 6.92 Å². The van der Waals surface area contributed by atoms with Gasteiger partial charge in [0.2, 0.25) is 0 Å². The smallest absolute Gasteiger partial charge is 0.357 e. The maximum absolute atomic E-state index is 13.4. The number of aryl methyl sites for hydroxylation is 1. The maximum Gasteiger partial charge on any atom is 0.434 e. The molecule has 2 aromatic rings. The highest BCUT2D eigenvalue weighted by atomic mass is 79.9. The van der Waals surface area contributed by atoms with Crippen LogP contribution in [0.2, 0.25) is 0 Å². The fraction of sp³-hybridized carbons (Fsp3) is 0.467. The Morgan fingerprint density at radius 1 is 1.30 bits per heavy atom. The average Bonchev–Trinajstić information content (AvgIpc) is 2.85. The van der Waals surface area contributed by atoms with Crippen LogP contribution in [0.3, 0.4) is 0 Å². The van der Waals surface area contributed by atoms with E-state index in [-0.39, 0.29) is 16.8 Å². The predicted octanol–water partition coefficient (Wildman–Crippen LogP) is 4.84.